The average molecular weight is 199 g/mol. The highest BCUT2D eigenvalue weighted by Gasteiger charge is 2.40. The van der Waals surface area contributed by atoms with E-state index in [9.17, 15) is 0 Å². The average Bonchev–Trinajstić information content (AvgIpc) is 2.72. The fourth-order valence-electron chi connectivity index (χ4n) is 3.25. The molecule has 3 unspecified atom stereocenters. The quantitative estimate of drug-likeness (QED) is 0.679. The third kappa shape index (κ3) is 1.92. The molecule has 0 aromatic heterocycles. The van der Waals surface area contributed by atoms with Crippen molar-refractivity contribution in [1.29, 1.82) is 0 Å². The molecule has 2 fully saturated rings. The van der Waals surface area contributed by atoms with E-state index in [2.05, 4.69) is 9.24 Å². The van der Waals surface area contributed by atoms with Crippen molar-refractivity contribution in [3.63, 3.8) is 0 Å². The molecule has 0 saturated heterocycles. The van der Waals surface area contributed by atoms with Crippen molar-refractivity contribution < 1.29 is 0 Å². The molecule has 2 heteroatoms. The Hall–Kier alpha value is 0.390. The molecule has 0 heterocycles. The zero-order chi connectivity index (χ0) is 9.31. The van der Waals surface area contributed by atoms with Crippen LogP contribution in [0.5, 0.6) is 0 Å². The van der Waals surface area contributed by atoms with E-state index < -0.39 is 0 Å². The summed E-state index contributed by atoms with van der Waals surface area (Å²) in [4.78, 5) is 0. The summed E-state index contributed by atoms with van der Waals surface area (Å²) in [5, 5.41) is 0.615. The second-order valence-corrected chi connectivity index (χ2v) is 6.20. The summed E-state index contributed by atoms with van der Waals surface area (Å²) in [5.74, 6) is 1.80. The summed E-state index contributed by atoms with van der Waals surface area (Å²) in [7, 11) is 3.17. The van der Waals surface area contributed by atoms with Crippen molar-refractivity contribution in [3.8, 4) is 0 Å². The smallest absolute Gasteiger partial charge is 0.00488 e. The van der Waals surface area contributed by atoms with Crippen molar-refractivity contribution in [2.24, 2.45) is 17.6 Å². The molecule has 0 radical (unpaired) electrons. The molecule has 0 aromatic rings. The Morgan fingerprint density at radius 1 is 1.23 bits per heavy atom. The Bertz CT molecular complexity index is 175. The molecular formula is C11H22NP. The van der Waals surface area contributed by atoms with E-state index in [1.165, 1.54) is 44.9 Å². The summed E-state index contributed by atoms with van der Waals surface area (Å²) >= 11 is 0. The topological polar surface area (TPSA) is 26.0 Å². The van der Waals surface area contributed by atoms with Gasteiger partial charge in [-0.25, -0.2) is 0 Å². The predicted molar refractivity (Wildman–Crippen MR) is 60.8 cm³/mol. The molecule has 3 atom stereocenters. The van der Waals surface area contributed by atoms with Crippen LogP contribution in [0.4, 0.5) is 0 Å². The minimum atomic E-state index is 0.615. The van der Waals surface area contributed by atoms with Crippen molar-refractivity contribution >= 4 is 9.24 Å². The van der Waals surface area contributed by atoms with E-state index in [4.69, 9.17) is 5.73 Å². The molecule has 0 aromatic carbocycles. The molecule has 1 nitrogen and oxygen atoms in total. The van der Waals surface area contributed by atoms with Gasteiger partial charge in [0.25, 0.3) is 0 Å². The van der Waals surface area contributed by atoms with Gasteiger partial charge in [-0.05, 0) is 55.6 Å². The number of nitrogens with two attached hydrogens (primary N) is 1. The largest absolute Gasteiger partial charge is 0.330 e. The maximum Gasteiger partial charge on any atom is -0.00488 e. The Kier molecular flexibility index (Phi) is 2.95. The first-order chi connectivity index (χ1) is 6.24. The molecule has 0 aliphatic heterocycles. The SMILES string of the molecule is NCC1CCC(C2(P)CCCC2)C1. The lowest BCUT2D eigenvalue weighted by molar-refractivity contribution is 0.375. The normalized spacial score (nSPS) is 38.3. The molecule has 2 rings (SSSR count). The minimum Gasteiger partial charge on any atom is -0.330 e. The maximum atomic E-state index is 5.73. The summed E-state index contributed by atoms with van der Waals surface area (Å²) < 4.78 is 0. The Morgan fingerprint density at radius 3 is 2.46 bits per heavy atom. The summed E-state index contributed by atoms with van der Waals surface area (Å²) in [6.45, 7) is 0.914. The summed E-state index contributed by atoms with van der Waals surface area (Å²) in [5.41, 5.74) is 5.73. The molecule has 76 valence electrons. The van der Waals surface area contributed by atoms with Crippen LogP contribution in [-0.4, -0.2) is 11.7 Å². The van der Waals surface area contributed by atoms with Gasteiger partial charge in [0, 0.05) is 0 Å². The van der Waals surface area contributed by atoms with Crippen LogP contribution < -0.4 is 5.73 Å². The van der Waals surface area contributed by atoms with Crippen LogP contribution in [0, 0.1) is 11.8 Å². The van der Waals surface area contributed by atoms with Gasteiger partial charge >= 0.3 is 0 Å². The summed E-state index contributed by atoms with van der Waals surface area (Å²) in [6, 6.07) is 0. The van der Waals surface area contributed by atoms with E-state index in [-0.39, 0.29) is 0 Å². The third-order valence-corrected chi connectivity index (χ3v) is 5.27. The van der Waals surface area contributed by atoms with Crippen LogP contribution in [0.3, 0.4) is 0 Å². The fraction of sp³-hybridized carbons (Fsp3) is 1.00. The van der Waals surface area contributed by atoms with Gasteiger partial charge in [-0.3, -0.25) is 0 Å². The van der Waals surface area contributed by atoms with Crippen LogP contribution in [0.15, 0.2) is 0 Å². The molecular weight excluding hydrogens is 177 g/mol. The van der Waals surface area contributed by atoms with Crippen molar-refractivity contribution in [2.45, 2.75) is 50.1 Å². The highest BCUT2D eigenvalue weighted by atomic mass is 31.0. The van der Waals surface area contributed by atoms with Crippen molar-refractivity contribution in [1.82, 2.24) is 0 Å². The van der Waals surface area contributed by atoms with E-state index in [0.29, 0.717) is 5.16 Å². The molecule has 2 aliphatic carbocycles. The van der Waals surface area contributed by atoms with Gasteiger partial charge in [0.2, 0.25) is 0 Å². The van der Waals surface area contributed by atoms with Crippen LogP contribution >= 0.6 is 9.24 Å². The summed E-state index contributed by atoms with van der Waals surface area (Å²) in [6.07, 6.45) is 10.0. The zero-order valence-electron chi connectivity index (χ0n) is 8.47. The lowest BCUT2D eigenvalue weighted by Gasteiger charge is -2.31. The second kappa shape index (κ2) is 3.87. The first kappa shape index (κ1) is 9.93. The zero-order valence-corrected chi connectivity index (χ0v) is 9.62. The Labute approximate surface area is 84.0 Å². The van der Waals surface area contributed by atoms with E-state index >= 15 is 0 Å². The molecule has 2 saturated carbocycles. The predicted octanol–water partition coefficient (Wildman–Crippen LogP) is 2.55. The maximum absolute atomic E-state index is 5.73. The monoisotopic (exact) mass is 199 g/mol. The molecule has 2 N–H and O–H groups in total. The standard InChI is InChI=1S/C11H22NP/c12-8-9-3-4-10(7-9)11(13)5-1-2-6-11/h9-10H,1-8,12-13H2. The van der Waals surface area contributed by atoms with Gasteiger partial charge in [0.05, 0.1) is 0 Å². The van der Waals surface area contributed by atoms with Gasteiger partial charge in [0.1, 0.15) is 0 Å². The third-order valence-electron chi connectivity index (χ3n) is 4.22. The van der Waals surface area contributed by atoms with Crippen LogP contribution in [0.2, 0.25) is 0 Å². The highest BCUT2D eigenvalue weighted by molar-refractivity contribution is 7.19. The van der Waals surface area contributed by atoms with Crippen LogP contribution in [0.25, 0.3) is 0 Å². The van der Waals surface area contributed by atoms with Gasteiger partial charge in [-0.15, -0.1) is 9.24 Å². The van der Waals surface area contributed by atoms with Crippen molar-refractivity contribution in [3.05, 3.63) is 0 Å². The van der Waals surface area contributed by atoms with E-state index in [1.807, 2.05) is 0 Å². The fourth-order valence-corrected chi connectivity index (χ4v) is 3.96. The molecule has 0 bridgehead atoms. The Morgan fingerprint density at radius 2 is 1.92 bits per heavy atom. The van der Waals surface area contributed by atoms with E-state index in [1.54, 1.807) is 0 Å². The van der Waals surface area contributed by atoms with Crippen LogP contribution in [0.1, 0.15) is 44.9 Å². The highest BCUT2D eigenvalue weighted by Crippen LogP contribution is 2.50. The second-order valence-electron chi connectivity index (χ2n) is 5.05. The van der Waals surface area contributed by atoms with Gasteiger partial charge in [0.15, 0.2) is 0 Å². The Balaban J connectivity index is 1.94. The number of hydrogen-bond donors (Lipinski definition) is 1. The van der Waals surface area contributed by atoms with E-state index in [0.717, 1.165) is 18.4 Å². The number of rotatable bonds is 2. The van der Waals surface area contributed by atoms with Gasteiger partial charge in [-0.1, -0.05) is 12.8 Å². The van der Waals surface area contributed by atoms with Gasteiger partial charge in [-0.2, -0.15) is 0 Å². The van der Waals surface area contributed by atoms with Crippen molar-refractivity contribution in [2.75, 3.05) is 6.54 Å². The lowest BCUT2D eigenvalue weighted by atomic mass is 9.87. The molecule has 0 amide bonds. The lowest BCUT2D eigenvalue weighted by Crippen LogP contribution is -2.26. The molecule has 0 spiro atoms. The van der Waals surface area contributed by atoms with Crippen LogP contribution in [-0.2, 0) is 0 Å². The van der Waals surface area contributed by atoms with Gasteiger partial charge < -0.3 is 5.73 Å². The first-order valence-electron chi connectivity index (χ1n) is 5.73. The first-order valence-corrected chi connectivity index (χ1v) is 6.31. The number of hydrogen-bond acceptors (Lipinski definition) is 1. The molecule has 2 aliphatic rings. The minimum absolute atomic E-state index is 0.615. The molecule has 13 heavy (non-hydrogen) atoms.